The number of amides is 5. The van der Waals surface area contributed by atoms with Crippen LogP contribution < -0.4 is 38.3 Å². The molecule has 0 bridgehead atoms. The second-order valence-electron chi connectivity index (χ2n) is 5.66. The Morgan fingerprint density at radius 3 is 1.81 bits per heavy atom. The zero-order valence-corrected chi connectivity index (χ0v) is 15.4. The Bertz CT molecular complexity index is 527. The zero-order valence-electron chi connectivity index (χ0n) is 15.4. The minimum Gasteiger partial charge on any atom is -0.368 e. The molecule has 27 heavy (non-hydrogen) atoms. The van der Waals surface area contributed by atoms with Crippen molar-refractivity contribution in [3.8, 4) is 0 Å². The smallest absolute Gasteiger partial charge is 0.240 e. The highest BCUT2D eigenvalue weighted by molar-refractivity contribution is 5.91. The first-order valence-corrected chi connectivity index (χ1v) is 8.62. The van der Waals surface area contributed by atoms with Crippen molar-refractivity contribution in [3.63, 3.8) is 0 Å². The normalized spacial score (nSPS) is 11.2. The molecule has 1 atom stereocenters. The second-order valence-corrected chi connectivity index (χ2v) is 5.66. The number of nitrogens with two attached hydrogens (primary N) is 2. The van der Waals surface area contributed by atoms with Gasteiger partial charge >= 0.3 is 0 Å². The van der Waals surface area contributed by atoms with E-state index in [0.717, 1.165) is 0 Å². The average molecular weight is 387 g/mol. The molecule has 5 amide bonds. The maximum atomic E-state index is 11.8. The van der Waals surface area contributed by atoms with E-state index in [0.29, 0.717) is 25.8 Å². The fourth-order valence-electron chi connectivity index (χ4n) is 1.89. The Hall–Kier alpha value is -2.73. The molecule has 0 aliphatic rings. The van der Waals surface area contributed by atoms with Gasteiger partial charge in [0.05, 0.1) is 19.6 Å². The van der Waals surface area contributed by atoms with Crippen LogP contribution in [0, 0.1) is 0 Å². The van der Waals surface area contributed by atoms with Gasteiger partial charge in [-0.1, -0.05) is 6.92 Å². The quantitative estimate of drug-likeness (QED) is 0.0905. The number of hydrogen-bond acceptors (Lipinski definition) is 7. The maximum absolute atomic E-state index is 11.8. The molecule has 1 unspecified atom stereocenters. The summed E-state index contributed by atoms with van der Waals surface area (Å²) in [6, 6.07) is -0.839. The molecule has 12 nitrogen and oxygen atoms in total. The molecule has 0 heterocycles. The van der Waals surface area contributed by atoms with Crippen LogP contribution in [0.4, 0.5) is 0 Å². The Morgan fingerprint density at radius 2 is 1.33 bits per heavy atom. The van der Waals surface area contributed by atoms with Crippen LogP contribution in [0.25, 0.3) is 0 Å². The summed E-state index contributed by atoms with van der Waals surface area (Å²) in [4.78, 5) is 57.2. The molecule has 154 valence electrons. The molecule has 9 N–H and O–H groups in total. The second kappa shape index (κ2) is 14.4. The van der Waals surface area contributed by atoms with Gasteiger partial charge in [-0.3, -0.25) is 35.2 Å². The van der Waals surface area contributed by atoms with Gasteiger partial charge in [0.15, 0.2) is 0 Å². The van der Waals surface area contributed by atoms with Crippen molar-refractivity contribution in [1.29, 1.82) is 0 Å². The molecular formula is C15H29N7O5. The lowest BCUT2D eigenvalue weighted by atomic mass is 10.1. The first-order chi connectivity index (χ1) is 12.8. The van der Waals surface area contributed by atoms with Gasteiger partial charge in [-0.25, -0.2) is 0 Å². The average Bonchev–Trinajstić information content (AvgIpc) is 2.64. The maximum Gasteiger partial charge on any atom is 0.240 e. The third-order valence-corrected chi connectivity index (χ3v) is 3.40. The van der Waals surface area contributed by atoms with Crippen molar-refractivity contribution in [1.82, 2.24) is 26.7 Å². The van der Waals surface area contributed by atoms with Crippen LogP contribution in [0.3, 0.4) is 0 Å². The van der Waals surface area contributed by atoms with Crippen molar-refractivity contribution in [2.24, 2.45) is 11.6 Å². The van der Waals surface area contributed by atoms with E-state index in [2.05, 4.69) is 26.7 Å². The monoisotopic (exact) mass is 387 g/mol. The van der Waals surface area contributed by atoms with Gasteiger partial charge in [-0.05, 0) is 19.3 Å². The number of unbranched alkanes of at least 4 members (excludes halogenated alkanes) is 1. The van der Waals surface area contributed by atoms with Crippen molar-refractivity contribution < 1.29 is 24.0 Å². The van der Waals surface area contributed by atoms with E-state index in [1.54, 1.807) is 6.92 Å². The van der Waals surface area contributed by atoms with Crippen molar-refractivity contribution in [3.05, 3.63) is 0 Å². The van der Waals surface area contributed by atoms with E-state index in [1.807, 2.05) is 0 Å². The van der Waals surface area contributed by atoms with Crippen LogP contribution in [-0.2, 0) is 24.0 Å². The molecule has 0 saturated carbocycles. The van der Waals surface area contributed by atoms with Gasteiger partial charge in [-0.15, -0.1) is 0 Å². The highest BCUT2D eigenvalue weighted by Crippen LogP contribution is 2.00. The topological polar surface area (TPSA) is 198 Å². The van der Waals surface area contributed by atoms with Crippen molar-refractivity contribution in [2.75, 3.05) is 26.2 Å². The van der Waals surface area contributed by atoms with Crippen LogP contribution >= 0.6 is 0 Å². The van der Waals surface area contributed by atoms with E-state index in [4.69, 9.17) is 11.6 Å². The summed E-state index contributed by atoms with van der Waals surface area (Å²) >= 11 is 0. The summed E-state index contributed by atoms with van der Waals surface area (Å²) in [5.41, 5.74) is 7.72. The zero-order chi connectivity index (χ0) is 20.7. The van der Waals surface area contributed by atoms with Gasteiger partial charge < -0.3 is 27.0 Å². The highest BCUT2D eigenvalue weighted by Gasteiger charge is 2.18. The molecule has 0 radical (unpaired) electrons. The Morgan fingerprint density at radius 1 is 0.815 bits per heavy atom. The van der Waals surface area contributed by atoms with Crippen LogP contribution in [-0.4, -0.2) is 61.8 Å². The molecule has 0 aromatic heterocycles. The van der Waals surface area contributed by atoms with Crippen LogP contribution in [0.1, 0.15) is 32.6 Å². The number of rotatable bonds is 14. The number of hydrazine groups is 1. The number of hydrogen-bond donors (Lipinski definition) is 7. The van der Waals surface area contributed by atoms with E-state index in [9.17, 15) is 24.0 Å². The summed E-state index contributed by atoms with van der Waals surface area (Å²) in [7, 11) is 0. The highest BCUT2D eigenvalue weighted by atomic mass is 16.2. The van der Waals surface area contributed by atoms with Gasteiger partial charge in [0, 0.05) is 13.0 Å². The largest absolute Gasteiger partial charge is 0.368 e. The third-order valence-electron chi connectivity index (χ3n) is 3.40. The van der Waals surface area contributed by atoms with Crippen LogP contribution in [0.5, 0.6) is 0 Å². The molecule has 0 aliphatic heterocycles. The molecule has 0 saturated heterocycles. The fourth-order valence-corrected chi connectivity index (χ4v) is 1.89. The van der Waals surface area contributed by atoms with E-state index in [-0.39, 0.29) is 32.0 Å². The number of carbonyl (C=O) groups excluding carboxylic acids is 5. The standard InChI is InChI=1S/C15H29N7O5/c1-2-11(23)18-7-12(24)19-8-13(25)20-9-14(26)22-10(15(16)27)5-3-4-6-21-17/h10,21H,2-9,17H2,1H3,(H2,16,27)(H,18,23)(H,19,24)(H,20,25)(H,22,26). The van der Waals surface area contributed by atoms with Gasteiger partial charge in [0.2, 0.25) is 29.5 Å². The summed E-state index contributed by atoms with van der Waals surface area (Å²) in [6.07, 6.45) is 1.95. The lowest BCUT2D eigenvalue weighted by Crippen LogP contribution is -2.49. The van der Waals surface area contributed by atoms with E-state index < -0.39 is 29.7 Å². The number of primary amides is 1. The summed E-state index contributed by atoms with van der Waals surface area (Å²) in [5.74, 6) is 2.48. The van der Waals surface area contributed by atoms with Crippen LogP contribution in [0.2, 0.25) is 0 Å². The lowest BCUT2D eigenvalue weighted by molar-refractivity contribution is -0.129. The Balaban J connectivity index is 4.06. The van der Waals surface area contributed by atoms with Crippen molar-refractivity contribution >= 4 is 29.5 Å². The minimum absolute atomic E-state index is 0.236. The summed E-state index contributed by atoms with van der Waals surface area (Å²) in [5, 5.41) is 9.40. The van der Waals surface area contributed by atoms with Gasteiger partial charge in [0.1, 0.15) is 6.04 Å². The SMILES string of the molecule is CCC(=O)NCC(=O)NCC(=O)NCC(=O)NC(CCCCNN)C(N)=O. The predicted octanol–water partition coefficient (Wildman–Crippen LogP) is -3.65. The molecule has 0 rings (SSSR count). The van der Waals surface area contributed by atoms with Gasteiger partial charge in [0.25, 0.3) is 0 Å². The lowest BCUT2D eigenvalue weighted by Gasteiger charge is -2.15. The number of nitrogens with one attached hydrogen (secondary N) is 5. The Kier molecular flexibility index (Phi) is 13.0. The minimum atomic E-state index is -0.839. The van der Waals surface area contributed by atoms with Gasteiger partial charge in [-0.2, -0.15) is 0 Å². The molecule has 12 heteroatoms. The fraction of sp³-hybridized carbons (Fsp3) is 0.667. The molecule has 0 aromatic rings. The van der Waals surface area contributed by atoms with Crippen molar-refractivity contribution in [2.45, 2.75) is 38.6 Å². The third kappa shape index (κ3) is 13.2. The molecular weight excluding hydrogens is 358 g/mol. The first kappa shape index (κ1) is 24.3. The first-order valence-electron chi connectivity index (χ1n) is 8.62. The molecule has 0 aliphatic carbocycles. The Labute approximate surface area is 157 Å². The predicted molar refractivity (Wildman–Crippen MR) is 96.5 cm³/mol. The summed E-state index contributed by atoms with van der Waals surface area (Å²) in [6.45, 7) is 1.27. The number of carbonyl (C=O) groups is 5. The summed E-state index contributed by atoms with van der Waals surface area (Å²) < 4.78 is 0. The van der Waals surface area contributed by atoms with Crippen LogP contribution in [0.15, 0.2) is 0 Å². The molecule has 0 spiro atoms. The van der Waals surface area contributed by atoms with E-state index in [1.165, 1.54) is 0 Å². The molecule has 0 aromatic carbocycles. The molecule has 0 fully saturated rings. The van der Waals surface area contributed by atoms with E-state index >= 15 is 0 Å².